The van der Waals surface area contributed by atoms with Crippen LogP contribution >= 0.6 is 0 Å². The lowest BCUT2D eigenvalue weighted by Crippen LogP contribution is -2.56. The molecule has 1 N–H and O–H groups in total. The van der Waals surface area contributed by atoms with Gasteiger partial charge in [0.1, 0.15) is 6.10 Å². The lowest BCUT2D eigenvalue weighted by atomic mass is 9.63. The predicted molar refractivity (Wildman–Crippen MR) is 106 cm³/mol. The maximum atomic E-state index is 12.6. The molecule has 0 radical (unpaired) electrons. The number of aliphatic hydroxyl groups is 1. The number of hydrogen-bond donors (Lipinski definition) is 1. The van der Waals surface area contributed by atoms with Crippen LogP contribution in [0.1, 0.15) is 60.8 Å². The Labute approximate surface area is 168 Å². The summed E-state index contributed by atoms with van der Waals surface area (Å²) in [4.78, 5) is 25.1. The average molecular weight is 391 g/mol. The first kappa shape index (κ1) is 21.3. The van der Waals surface area contributed by atoms with Gasteiger partial charge in [-0.25, -0.2) is 0 Å². The van der Waals surface area contributed by atoms with E-state index in [0.29, 0.717) is 24.7 Å². The quantitative estimate of drug-likeness (QED) is 0.573. The number of fused-ring (bicyclic) bond motifs is 3. The van der Waals surface area contributed by atoms with Crippen LogP contribution in [0.4, 0.5) is 0 Å². The van der Waals surface area contributed by atoms with Crippen LogP contribution in [0.5, 0.6) is 0 Å². The minimum absolute atomic E-state index is 0.134. The van der Waals surface area contributed by atoms with Gasteiger partial charge in [-0.15, -0.1) is 0 Å². The van der Waals surface area contributed by atoms with Crippen molar-refractivity contribution in [2.24, 2.45) is 29.1 Å². The highest BCUT2D eigenvalue weighted by molar-refractivity contribution is 5.94. The Morgan fingerprint density at radius 3 is 2.61 bits per heavy atom. The molecule has 0 amide bonds. The molecule has 28 heavy (non-hydrogen) atoms. The topological polar surface area (TPSA) is 72.8 Å². The molecule has 0 aromatic heterocycles. The zero-order chi connectivity index (χ0) is 20.9. The van der Waals surface area contributed by atoms with Crippen LogP contribution in [0.25, 0.3) is 0 Å². The van der Waals surface area contributed by atoms with E-state index in [2.05, 4.69) is 26.8 Å². The predicted octanol–water partition coefficient (Wildman–Crippen LogP) is 3.81. The van der Waals surface area contributed by atoms with Crippen LogP contribution in [-0.4, -0.2) is 34.9 Å². The molecular weight excluding hydrogens is 356 g/mol. The van der Waals surface area contributed by atoms with Gasteiger partial charge >= 0.3 is 5.97 Å². The van der Waals surface area contributed by atoms with Gasteiger partial charge in [0.25, 0.3) is 0 Å². The second-order valence-electron chi connectivity index (χ2n) is 10.1. The minimum atomic E-state index is -1.76. The lowest BCUT2D eigenvalue weighted by Gasteiger charge is -2.48. The third-order valence-corrected chi connectivity index (χ3v) is 6.63. The molecule has 2 aliphatic heterocycles. The molecule has 0 aromatic rings. The molecular formula is C23H34O5. The van der Waals surface area contributed by atoms with E-state index in [1.807, 2.05) is 0 Å². The molecule has 3 rings (SSSR count). The fourth-order valence-electron chi connectivity index (χ4n) is 4.82. The van der Waals surface area contributed by atoms with Gasteiger partial charge in [0, 0.05) is 0 Å². The second kappa shape index (κ2) is 7.42. The maximum Gasteiger partial charge on any atom is 0.311 e. The van der Waals surface area contributed by atoms with Crippen LogP contribution in [0, 0.1) is 29.1 Å². The van der Waals surface area contributed by atoms with Crippen LogP contribution < -0.4 is 0 Å². The highest BCUT2D eigenvalue weighted by Gasteiger charge is 2.51. The van der Waals surface area contributed by atoms with Gasteiger partial charge in [-0.05, 0) is 82.8 Å². The largest absolute Gasteiger partial charge is 0.456 e. The molecule has 1 fully saturated rings. The number of rotatable bonds is 2. The number of allylic oxidation sites excluding steroid dienone is 2. The highest BCUT2D eigenvalue weighted by atomic mass is 16.7. The number of esters is 1. The van der Waals surface area contributed by atoms with E-state index in [0.717, 1.165) is 6.42 Å². The van der Waals surface area contributed by atoms with Crippen LogP contribution in [-0.2, 0) is 19.1 Å². The minimum Gasteiger partial charge on any atom is -0.456 e. The van der Waals surface area contributed by atoms with Gasteiger partial charge in [-0.1, -0.05) is 25.5 Å². The van der Waals surface area contributed by atoms with E-state index >= 15 is 0 Å². The summed E-state index contributed by atoms with van der Waals surface area (Å²) in [5.74, 6) is -1.01. The van der Waals surface area contributed by atoms with Crippen molar-refractivity contribution in [1.82, 2.24) is 0 Å². The number of ketones is 1. The van der Waals surface area contributed by atoms with Gasteiger partial charge < -0.3 is 14.6 Å². The molecule has 2 bridgehead atoms. The number of carbonyl (C=O) groups excluding carboxylic acids is 2. The fraction of sp³-hybridized carbons (Fsp3) is 0.739. The summed E-state index contributed by atoms with van der Waals surface area (Å²) in [7, 11) is 0. The summed E-state index contributed by atoms with van der Waals surface area (Å²) in [5.41, 5.74) is 0.574. The van der Waals surface area contributed by atoms with Crippen LogP contribution in [0.2, 0.25) is 0 Å². The second-order valence-corrected chi connectivity index (χ2v) is 10.1. The zero-order valence-electron chi connectivity index (χ0n) is 17.9. The van der Waals surface area contributed by atoms with E-state index in [4.69, 9.17) is 9.47 Å². The number of ether oxygens (including phenoxy) is 2. The van der Waals surface area contributed by atoms with Crippen molar-refractivity contribution in [3.63, 3.8) is 0 Å². The van der Waals surface area contributed by atoms with E-state index < -0.39 is 23.4 Å². The standard InChI is InChI=1S/C23H34O5/c1-13(2)15-8-7-14(3)16-11-19-18(24)9-10-23(26,28-19)20(12-17(15)16)27-21(25)22(4,5)6/h7,9-10,13,15-17,19-20,26H,8,11-12H2,1-6H3/t15-,16+,17-,19-,20-,23-/m1/s1. The lowest BCUT2D eigenvalue weighted by molar-refractivity contribution is -0.267. The van der Waals surface area contributed by atoms with Crippen molar-refractivity contribution in [1.29, 1.82) is 0 Å². The van der Waals surface area contributed by atoms with Crippen molar-refractivity contribution >= 4 is 11.8 Å². The van der Waals surface area contributed by atoms with Crippen LogP contribution in [0.3, 0.4) is 0 Å². The summed E-state index contributed by atoms with van der Waals surface area (Å²) < 4.78 is 11.7. The van der Waals surface area contributed by atoms with Gasteiger partial charge in [-0.3, -0.25) is 9.59 Å². The summed E-state index contributed by atoms with van der Waals surface area (Å²) in [5, 5.41) is 11.2. The summed E-state index contributed by atoms with van der Waals surface area (Å²) >= 11 is 0. The Kier molecular flexibility index (Phi) is 5.63. The molecule has 0 spiro atoms. The van der Waals surface area contributed by atoms with Gasteiger partial charge in [0.2, 0.25) is 5.79 Å². The number of carbonyl (C=O) groups is 2. The van der Waals surface area contributed by atoms with Crippen molar-refractivity contribution in [2.75, 3.05) is 0 Å². The summed E-state index contributed by atoms with van der Waals surface area (Å²) in [6.45, 7) is 11.9. The Morgan fingerprint density at radius 2 is 2.00 bits per heavy atom. The molecule has 0 unspecified atom stereocenters. The Balaban J connectivity index is 2.02. The molecule has 0 saturated carbocycles. The molecule has 1 saturated heterocycles. The van der Waals surface area contributed by atoms with Gasteiger partial charge in [0.05, 0.1) is 5.41 Å². The molecule has 1 aliphatic carbocycles. The Hall–Kier alpha value is -1.46. The highest BCUT2D eigenvalue weighted by Crippen LogP contribution is 2.48. The molecule has 2 heterocycles. The molecule has 3 aliphatic rings. The van der Waals surface area contributed by atoms with E-state index in [-0.39, 0.29) is 23.6 Å². The normalized spacial score (nSPS) is 38.4. The first-order valence-electron chi connectivity index (χ1n) is 10.4. The zero-order valence-corrected chi connectivity index (χ0v) is 17.9. The molecule has 5 nitrogen and oxygen atoms in total. The first-order valence-corrected chi connectivity index (χ1v) is 10.4. The smallest absolute Gasteiger partial charge is 0.311 e. The van der Waals surface area contributed by atoms with Crippen LogP contribution in [0.15, 0.2) is 23.8 Å². The third-order valence-electron chi connectivity index (χ3n) is 6.63. The molecule has 156 valence electrons. The van der Waals surface area contributed by atoms with E-state index in [1.54, 1.807) is 20.8 Å². The van der Waals surface area contributed by atoms with Crippen molar-refractivity contribution < 1.29 is 24.2 Å². The third kappa shape index (κ3) is 3.97. The average Bonchev–Trinajstić information content (AvgIpc) is 2.58. The fourth-order valence-corrected chi connectivity index (χ4v) is 4.82. The van der Waals surface area contributed by atoms with Crippen molar-refractivity contribution in [3.8, 4) is 0 Å². The SMILES string of the molecule is CC1=CC[C@H](C(C)C)[C@H]2C[C@@H](OC(=O)C(C)(C)C)[C@@]3(O)C=CC(=O)[C@@H](C[C@@H]12)O3. The van der Waals surface area contributed by atoms with Gasteiger partial charge in [0.15, 0.2) is 11.9 Å². The van der Waals surface area contributed by atoms with Gasteiger partial charge in [-0.2, -0.15) is 0 Å². The molecule has 5 heteroatoms. The van der Waals surface area contributed by atoms with E-state index in [1.165, 1.54) is 17.7 Å². The molecule has 0 aromatic carbocycles. The Bertz CT molecular complexity index is 698. The van der Waals surface area contributed by atoms with E-state index in [9.17, 15) is 14.7 Å². The van der Waals surface area contributed by atoms with Crippen molar-refractivity contribution in [3.05, 3.63) is 23.8 Å². The monoisotopic (exact) mass is 390 g/mol. The summed E-state index contributed by atoms with van der Waals surface area (Å²) in [6, 6.07) is 0. The summed E-state index contributed by atoms with van der Waals surface area (Å²) in [6.07, 6.45) is 5.51. The first-order chi connectivity index (χ1) is 12.9. The number of hydrogen-bond acceptors (Lipinski definition) is 5. The Morgan fingerprint density at radius 1 is 1.32 bits per heavy atom. The maximum absolute atomic E-state index is 12.6. The molecule has 6 atom stereocenters. The van der Waals surface area contributed by atoms with Crippen molar-refractivity contribution in [2.45, 2.75) is 78.8 Å².